The van der Waals surface area contributed by atoms with E-state index in [4.69, 9.17) is 5.26 Å². The Hall–Kier alpha value is -1.77. The molecule has 0 aromatic heterocycles. The van der Waals surface area contributed by atoms with Gasteiger partial charge in [-0.1, -0.05) is 6.07 Å². The van der Waals surface area contributed by atoms with Crippen LogP contribution < -0.4 is 4.74 Å². The Morgan fingerprint density at radius 3 is 2.47 bits per heavy atom. The number of hydrogen-bond donors (Lipinski definition) is 0. The van der Waals surface area contributed by atoms with Gasteiger partial charge in [-0.2, -0.15) is 5.26 Å². The topological polar surface area (TPSA) is 33.0 Å². The second-order valence-corrected chi connectivity index (χ2v) is 2.65. The molecule has 1 rings (SSSR count). The van der Waals surface area contributed by atoms with Crippen molar-refractivity contribution in [3.05, 3.63) is 29.6 Å². The van der Waals surface area contributed by atoms with Gasteiger partial charge in [-0.3, -0.25) is 0 Å². The fourth-order valence-corrected chi connectivity index (χ4v) is 0.953. The summed E-state index contributed by atoms with van der Waals surface area (Å²) in [6.45, 7) is 0. The predicted octanol–water partition coefficient (Wildman–Crippen LogP) is 2.79. The molecule has 6 heteroatoms. The second kappa shape index (κ2) is 4.17. The van der Waals surface area contributed by atoms with Gasteiger partial charge in [0.05, 0.1) is 12.5 Å². The van der Waals surface area contributed by atoms with Crippen molar-refractivity contribution in [2.45, 2.75) is 12.8 Å². The fraction of sp³-hybridized carbons (Fsp3) is 0.222. The van der Waals surface area contributed by atoms with E-state index in [1.807, 2.05) is 0 Å². The van der Waals surface area contributed by atoms with Gasteiger partial charge in [0.1, 0.15) is 0 Å². The van der Waals surface area contributed by atoms with Crippen LogP contribution in [0.2, 0.25) is 0 Å². The minimum atomic E-state index is -4.92. The third-order valence-electron chi connectivity index (χ3n) is 1.51. The van der Waals surface area contributed by atoms with Crippen molar-refractivity contribution in [2.75, 3.05) is 0 Å². The van der Waals surface area contributed by atoms with Gasteiger partial charge in [-0.15, -0.1) is 13.2 Å². The van der Waals surface area contributed by atoms with E-state index >= 15 is 0 Å². The highest BCUT2D eigenvalue weighted by molar-refractivity contribution is 5.30. The highest BCUT2D eigenvalue weighted by Gasteiger charge is 2.32. The fourth-order valence-electron chi connectivity index (χ4n) is 0.953. The van der Waals surface area contributed by atoms with Crippen LogP contribution >= 0.6 is 0 Å². The van der Waals surface area contributed by atoms with Crippen LogP contribution in [-0.4, -0.2) is 6.36 Å². The number of nitrogens with zero attached hydrogens (tertiary/aromatic N) is 1. The van der Waals surface area contributed by atoms with Crippen molar-refractivity contribution in [2.24, 2.45) is 0 Å². The van der Waals surface area contributed by atoms with Gasteiger partial charge in [-0.25, -0.2) is 4.39 Å². The molecule has 0 saturated carbocycles. The first-order valence-electron chi connectivity index (χ1n) is 3.83. The lowest BCUT2D eigenvalue weighted by molar-refractivity contribution is -0.275. The summed E-state index contributed by atoms with van der Waals surface area (Å²) in [5.74, 6) is -2.04. The molecule has 0 N–H and O–H groups in total. The van der Waals surface area contributed by atoms with E-state index in [1.165, 1.54) is 6.07 Å². The lowest BCUT2D eigenvalue weighted by atomic mass is 10.1. The smallest absolute Gasteiger partial charge is 0.403 e. The molecule has 0 aliphatic rings. The Labute approximate surface area is 82.7 Å². The Bertz CT molecular complexity index is 394. The normalized spacial score (nSPS) is 10.9. The molecule has 1 aromatic rings. The van der Waals surface area contributed by atoms with Gasteiger partial charge >= 0.3 is 6.36 Å². The van der Waals surface area contributed by atoms with Crippen LogP contribution in [0.25, 0.3) is 0 Å². The van der Waals surface area contributed by atoms with Crippen molar-refractivity contribution in [3.63, 3.8) is 0 Å². The third kappa shape index (κ3) is 3.46. The number of halogens is 4. The summed E-state index contributed by atoms with van der Waals surface area (Å²) in [6.07, 6.45) is -4.99. The molecule has 0 bridgehead atoms. The van der Waals surface area contributed by atoms with Crippen molar-refractivity contribution >= 4 is 0 Å². The zero-order chi connectivity index (χ0) is 11.5. The van der Waals surface area contributed by atoms with Crippen LogP contribution in [0.1, 0.15) is 5.56 Å². The zero-order valence-electron chi connectivity index (χ0n) is 7.31. The summed E-state index contributed by atoms with van der Waals surface area (Å²) in [5.41, 5.74) is 0.296. The first-order valence-corrected chi connectivity index (χ1v) is 3.83. The highest BCUT2D eigenvalue weighted by atomic mass is 19.4. The van der Waals surface area contributed by atoms with Crippen molar-refractivity contribution in [3.8, 4) is 11.8 Å². The van der Waals surface area contributed by atoms with E-state index in [1.54, 1.807) is 6.07 Å². The van der Waals surface area contributed by atoms with Gasteiger partial charge in [0.25, 0.3) is 0 Å². The molecule has 2 nitrogen and oxygen atoms in total. The molecule has 1 aromatic carbocycles. The lowest BCUT2D eigenvalue weighted by Gasteiger charge is -2.09. The van der Waals surface area contributed by atoms with E-state index in [-0.39, 0.29) is 6.42 Å². The average Bonchev–Trinajstić information content (AvgIpc) is 2.08. The van der Waals surface area contributed by atoms with Crippen LogP contribution in [0.15, 0.2) is 18.2 Å². The molecule has 0 spiro atoms. The summed E-state index contributed by atoms with van der Waals surface area (Å²) in [7, 11) is 0. The molecule has 0 atom stereocenters. The molecule has 15 heavy (non-hydrogen) atoms. The first-order chi connectivity index (χ1) is 6.92. The summed E-state index contributed by atoms with van der Waals surface area (Å²) in [4.78, 5) is 0. The van der Waals surface area contributed by atoms with E-state index < -0.39 is 17.9 Å². The summed E-state index contributed by atoms with van der Waals surface area (Å²) < 4.78 is 51.6. The minimum absolute atomic E-state index is 0.0663. The van der Waals surface area contributed by atoms with Crippen molar-refractivity contribution < 1.29 is 22.3 Å². The van der Waals surface area contributed by atoms with Crippen LogP contribution in [0, 0.1) is 17.1 Å². The van der Waals surface area contributed by atoms with E-state index in [9.17, 15) is 17.6 Å². The molecular weight excluding hydrogens is 214 g/mol. The van der Waals surface area contributed by atoms with E-state index in [0.29, 0.717) is 5.56 Å². The standard InChI is InChI=1S/C9H5F4NO/c10-7-5-6(3-4-14)1-2-8(7)15-9(11,12)13/h1-2,5H,3H2. The molecule has 0 saturated heterocycles. The van der Waals surface area contributed by atoms with Gasteiger partial charge in [0.15, 0.2) is 11.6 Å². The van der Waals surface area contributed by atoms with Gasteiger partial charge < -0.3 is 4.74 Å². The van der Waals surface area contributed by atoms with Crippen LogP contribution in [0.3, 0.4) is 0 Å². The van der Waals surface area contributed by atoms with Crippen molar-refractivity contribution in [1.29, 1.82) is 5.26 Å². The number of alkyl halides is 3. The number of ether oxygens (including phenoxy) is 1. The first kappa shape index (κ1) is 11.3. The Kier molecular flexibility index (Phi) is 3.14. The monoisotopic (exact) mass is 219 g/mol. The molecule has 0 radical (unpaired) electrons. The summed E-state index contributed by atoms with van der Waals surface area (Å²) in [6, 6.07) is 4.63. The van der Waals surface area contributed by atoms with Gasteiger partial charge in [0, 0.05) is 0 Å². The second-order valence-electron chi connectivity index (χ2n) is 2.65. The quantitative estimate of drug-likeness (QED) is 0.716. The third-order valence-corrected chi connectivity index (χ3v) is 1.51. The molecule has 0 unspecified atom stereocenters. The van der Waals surface area contributed by atoms with E-state index in [0.717, 1.165) is 12.1 Å². The Morgan fingerprint density at radius 2 is 2.00 bits per heavy atom. The SMILES string of the molecule is N#CCc1ccc(OC(F)(F)F)c(F)c1. The Balaban J connectivity index is 2.89. The number of benzene rings is 1. The van der Waals surface area contributed by atoms with Crippen LogP contribution in [-0.2, 0) is 6.42 Å². The molecule has 0 aliphatic carbocycles. The molecule has 0 fully saturated rings. The number of rotatable bonds is 2. The highest BCUT2D eigenvalue weighted by Crippen LogP contribution is 2.25. The maximum absolute atomic E-state index is 13.0. The molecule has 80 valence electrons. The number of hydrogen-bond acceptors (Lipinski definition) is 2. The Morgan fingerprint density at radius 1 is 1.33 bits per heavy atom. The predicted molar refractivity (Wildman–Crippen MR) is 42.4 cm³/mol. The molecule has 0 aliphatic heterocycles. The lowest BCUT2D eigenvalue weighted by Crippen LogP contribution is -2.18. The maximum Gasteiger partial charge on any atom is 0.573 e. The minimum Gasteiger partial charge on any atom is -0.403 e. The van der Waals surface area contributed by atoms with Crippen molar-refractivity contribution in [1.82, 2.24) is 0 Å². The summed E-state index contributed by atoms with van der Waals surface area (Å²) in [5, 5.41) is 8.28. The maximum atomic E-state index is 13.0. The molecule has 0 heterocycles. The van der Waals surface area contributed by atoms with Crippen LogP contribution in [0.4, 0.5) is 17.6 Å². The largest absolute Gasteiger partial charge is 0.573 e. The molecular formula is C9H5F4NO. The van der Waals surface area contributed by atoms with E-state index in [2.05, 4.69) is 4.74 Å². The van der Waals surface area contributed by atoms with Gasteiger partial charge in [-0.05, 0) is 17.7 Å². The van der Waals surface area contributed by atoms with Crippen LogP contribution in [0.5, 0.6) is 5.75 Å². The van der Waals surface area contributed by atoms with Gasteiger partial charge in [0.2, 0.25) is 0 Å². The zero-order valence-corrected chi connectivity index (χ0v) is 7.31. The molecule has 0 amide bonds. The average molecular weight is 219 g/mol. The summed E-state index contributed by atoms with van der Waals surface area (Å²) >= 11 is 0. The number of nitriles is 1.